The van der Waals surface area contributed by atoms with Crippen LogP contribution in [-0.4, -0.2) is 48.2 Å². The number of ether oxygens (including phenoxy) is 1. The van der Waals surface area contributed by atoms with Crippen LogP contribution in [0.15, 0.2) is 0 Å². The average molecular weight is 269 g/mol. The first kappa shape index (κ1) is 14.8. The van der Waals surface area contributed by atoms with E-state index in [2.05, 4.69) is 4.90 Å². The van der Waals surface area contributed by atoms with E-state index in [4.69, 9.17) is 16.2 Å². The Labute approximate surface area is 115 Å². The first-order valence-electron chi connectivity index (χ1n) is 7.45. The number of nitrogens with two attached hydrogens (primary N) is 2. The van der Waals surface area contributed by atoms with Crippen LogP contribution in [0.3, 0.4) is 0 Å². The Bertz CT molecular complexity index is 318. The lowest BCUT2D eigenvalue weighted by Gasteiger charge is -2.44. The van der Waals surface area contributed by atoms with Gasteiger partial charge in [0.05, 0.1) is 18.2 Å². The maximum absolute atomic E-state index is 11.2. The third-order valence-electron chi connectivity index (χ3n) is 4.55. The molecular weight excluding hydrogens is 242 g/mol. The third kappa shape index (κ3) is 3.68. The molecule has 0 bridgehead atoms. The van der Waals surface area contributed by atoms with Crippen molar-refractivity contribution < 1.29 is 9.53 Å². The van der Waals surface area contributed by atoms with Crippen LogP contribution in [0.25, 0.3) is 0 Å². The van der Waals surface area contributed by atoms with E-state index in [9.17, 15) is 4.79 Å². The van der Waals surface area contributed by atoms with Gasteiger partial charge in [0.15, 0.2) is 0 Å². The topological polar surface area (TPSA) is 81.6 Å². The number of carbonyl (C=O) groups is 1. The molecule has 1 aliphatic carbocycles. The van der Waals surface area contributed by atoms with Gasteiger partial charge >= 0.3 is 0 Å². The molecule has 2 rings (SSSR count). The average Bonchev–Trinajstić information content (AvgIpc) is 2.38. The lowest BCUT2D eigenvalue weighted by molar-refractivity contribution is -0.123. The van der Waals surface area contributed by atoms with Crippen LogP contribution in [0.5, 0.6) is 0 Å². The number of hydrogen-bond donors (Lipinski definition) is 2. The van der Waals surface area contributed by atoms with E-state index in [0.717, 1.165) is 26.1 Å². The molecule has 1 aliphatic heterocycles. The lowest BCUT2D eigenvalue weighted by Crippen LogP contribution is -2.53. The molecule has 1 saturated carbocycles. The Balaban J connectivity index is 1.80. The van der Waals surface area contributed by atoms with E-state index in [1.807, 2.05) is 0 Å². The molecule has 0 aromatic heterocycles. The molecule has 3 unspecified atom stereocenters. The monoisotopic (exact) mass is 269 g/mol. The Kier molecular flexibility index (Phi) is 4.81. The Hall–Kier alpha value is -0.650. The SMILES string of the molecule is CC(N)(CCCN1CCOC2CCCCC21)C(N)=O. The smallest absolute Gasteiger partial charge is 0.237 e. The summed E-state index contributed by atoms with van der Waals surface area (Å²) >= 11 is 0. The number of hydrogen-bond acceptors (Lipinski definition) is 4. The molecular formula is C14H27N3O2. The van der Waals surface area contributed by atoms with E-state index >= 15 is 0 Å². The van der Waals surface area contributed by atoms with Gasteiger partial charge in [-0.3, -0.25) is 9.69 Å². The van der Waals surface area contributed by atoms with Gasteiger partial charge in [0.1, 0.15) is 0 Å². The fraction of sp³-hybridized carbons (Fsp3) is 0.929. The van der Waals surface area contributed by atoms with Gasteiger partial charge in [0.2, 0.25) is 5.91 Å². The van der Waals surface area contributed by atoms with Crippen molar-refractivity contribution in [3.63, 3.8) is 0 Å². The second-order valence-electron chi connectivity index (χ2n) is 6.18. The highest BCUT2D eigenvalue weighted by Gasteiger charge is 2.34. The predicted molar refractivity (Wildman–Crippen MR) is 74.6 cm³/mol. The van der Waals surface area contributed by atoms with Crippen molar-refractivity contribution in [3.8, 4) is 0 Å². The van der Waals surface area contributed by atoms with Gasteiger partial charge in [0, 0.05) is 12.6 Å². The highest BCUT2D eigenvalue weighted by molar-refractivity contribution is 5.83. The molecule has 0 spiro atoms. The van der Waals surface area contributed by atoms with E-state index in [-0.39, 0.29) is 0 Å². The summed E-state index contributed by atoms with van der Waals surface area (Å²) in [4.78, 5) is 13.7. The minimum Gasteiger partial charge on any atom is -0.375 e. The summed E-state index contributed by atoms with van der Waals surface area (Å²) in [6.45, 7) is 4.54. The molecule has 5 nitrogen and oxygen atoms in total. The maximum Gasteiger partial charge on any atom is 0.237 e. The molecule has 19 heavy (non-hydrogen) atoms. The number of nitrogens with zero attached hydrogens (tertiary/aromatic N) is 1. The number of rotatable bonds is 5. The molecule has 0 aromatic rings. The van der Waals surface area contributed by atoms with Crippen LogP contribution in [0.4, 0.5) is 0 Å². The molecule has 3 atom stereocenters. The number of amides is 1. The fourth-order valence-corrected chi connectivity index (χ4v) is 3.23. The molecule has 1 amide bonds. The highest BCUT2D eigenvalue weighted by Crippen LogP contribution is 2.28. The molecule has 0 aromatic carbocycles. The molecule has 2 aliphatic rings. The molecule has 5 heteroatoms. The first-order valence-corrected chi connectivity index (χ1v) is 7.45. The van der Waals surface area contributed by atoms with Gasteiger partial charge in [-0.05, 0) is 39.2 Å². The normalized spacial score (nSPS) is 31.5. The van der Waals surface area contributed by atoms with E-state index < -0.39 is 11.4 Å². The first-order chi connectivity index (χ1) is 9.00. The zero-order valence-corrected chi connectivity index (χ0v) is 11.9. The van der Waals surface area contributed by atoms with E-state index in [1.165, 1.54) is 25.7 Å². The molecule has 4 N–H and O–H groups in total. The van der Waals surface area contributed by atoms with Crippen molar-refractivity contribution in [2.45, 2.75) is 63.1 Å². The van der Waals surface area contributed by atoms with Gasteiger partial charge in [-0.2, -0.15) is 0 Å². The Morgan fingerprint density at radius 2 is 2.16 bits per heavy atom. The number of carbonyl (C=O) groups excluding carboxylic acids is 1. The second-order valence-corrected chi connectivity index (χ2v) is 6.18. The van der Waals surface area contributed by atoms with Crippen molar-refractivity contribution in [2.24, 2.45) is 11.5 Å². The molecule has 0 radical (unpaired) electrons. The van der Waals surface area contributed by atoms with Gasteiger partial charge < -0.3 is 16.2 Å². The van der Waals surface area contributed by atoms with Crippen LogP contribution >= 0.6 is 0 Å². The lowest BCUT2D eigenvalue weighted by atomic mass is 9.89. The van der Waals surface area contributed by atoms with Gasteiger partial charge in [-0.25, -0.2) is 0 Å². The minimum atomic E-state index is -0.877. The summed E-state index contributed by atoms with van der Waals surface area (Å²) in [6.07, 6.45) is 7.00. The van der Waals surface area contributed by atoms with Crippen LogP contribution in [0, 0.1) is 0 Å². The Morgan fingerprint density at radius 3 is 2.89 bits per heavy atom. The third-order valence-corrected chi connectivity index (χ3v) is 4.55. The quantitative estimate of drug-likeness (QED) is 0.766. The van der Waals surface area contributed by atoms with Crippen LogP contribution < -0.4 is 11.5 Å². The minimum absolute atomic E-state index is 0.412. The van der Waals surface area contributed by atoms with Crippen molar-refractivity contribution in [1.82, 2.24) is 4.90 Å². The van der Waals surface area contributed by atoms with Crippen molar-refractivity contribution in [2.75, 3.05) is 19.7 Å². The molecule has 2 fully saturated rings. The van der Waals surface area contributed by atoms with Crippen LogP contribution in [-0.2, 0) is 9.53 Å². The summed E-state index contributed by atoms with van der Waals surface area (Å²) in [5.74, 6) is -0.412. The second kappa shape index (κ2) is 6.20. The maximum atomic E-state index is 11.2. The summed E-state index contributed by atoms with van der Waals surface area (Å²) in [5, 5.41) is 0. The summed E-state index contributed by atoms with van der Waals surface area (Å²) in [5.41, 5.74) is 10.3. The van der Waals surface area contributed by atoms with Gasteiger partial charge in [0.25, 0.3) is 0 Å². The summed E-state index contributed by atoms with van der Waals surface area (Å²) in [6, 6.07) is 0.570. The molecule has 1 saturated heterocycles. The van der Waals surface area contributed by atoms with Crippen molar-refractivity contribution in [1.29, 1.82) is 0 Å². The zero-order chi connectivity index (χ0) is 13.9. The van der Waals surface area contributed by atoms with Crippen LogP contribution in [0.1, 0.15) is 45.4 Å². The standard InChI is InChI=1S/C14H27N3O2/c1-14(16,13(15)18)7-4-8-17-9-10-19-12-6-3-2-5-11(12)17/h11-12H,2-10,16H2,1H3,(H2,15,18). The summed E-state index contributed by atoms with van der Waals surface area (Å²) in [7, 11) is 0. The number of morpholine rings is 1. The van der Waals surface area contributed by atoms with E-state index in [0.29, 0.717) is 18.6 Å². The van der Waals surface area contributed by atoms with Crippen LogP contribution in [0.2, 0.25) is 0 Å². The van der Waals surface area contributed by atoms with E-state index in [1.54, 1.807) is 6.92 Å². The van der Waals surface area contributed by atoms with Gasteiger partial charge in [-0.1, -0.05) is 12.8 Å². The summed E-state index contributed by atoms with van der Waals surface area (Å²) < 4.78 is 5.86. The Morgan fingerprint density at radius 1 is 1.42 bits per heavy atom. The van der Waals surface area contributed by atoms with Gasteiger partial charge in [-0.15, -0.1) is 0 Å². The molecule has 110 valence electrons. The fourth-order valence-electron chi connectivity index (χ4n) is 3.23. The zero-order valence-electron chi connectivity index (χ0n) is 11.9. The number of primary amides is 1. The highest BCUT2D eigenvalue weighted by atomic mass is 16.5. The van der Waals surface area contributed by atoms with Crippen molar-refractivity contribution >= 4 is 5.91 Å². The van der Waals surface area contributed by atoms with Crippen molar-refractivity contribution in [3.05, 3.63) is 0 Å². The number of fused-ring (bicyclic) bond motifs is 1. The molecule has 1 heterocycles. The predicted octanol–water partition coefficient (Wildman–Crippen LogP) is 0.613. The largest absolute Gasteiger partial charge is 0.375 e.